The number of rotatable bonds is 8. The second-order valence-corrected chi connectivity index (χ2v) is 9.39. The van der Waals surface area contributed by atoms with E-state index in [9.17, 15) is 14.4 Å². The van der Waals surface area contributed by atoms with Gasteiger partial charge in [0.25, 0.3) is 11.5 Å². The number of fused-ring (bicyclic) bond motifs is 1. The number of amides is 2. The zero-order valence-corrected chi connectivity index (χ0v) is 20.4. The Hall–Kier alpha value is -3.52. The van der Waals surface area contributed by atoms with Gasteiger partial charge in [0.2, 0.25) is 5.91 Å². The predicted molar refractivity (Wildman–Crippen MR) is 134 cm³/mol. The van der Waals surface area contributed by atoms with E-state index in [4.69, 9.17) is 4.74 Å². The minimum absolute atomic E-state index is 0.0917. The Bertz CT molecular complexity index is 1260. The molecule has 2 heterocycles. The lowest BCUT2D eigenvalue weighted by Crippen LogP contribution is -2.52. The molecule has 0 aliphatic carbocycles. The topological polar surface area (TPSA) is 104 Å². The molecule has 8 heteroatoms. The monoisotopic (exact) mass is 476 g/mol. The van der Waals surface area contributed by atoms with Crippen molar-refractivity contribution in [1.82, 2.24) is 20.2 Å². The number of carbonyl (C=O) groups excluding carboxylic acids is 2. The zero-order valence-electron chi connectivity index (χ0n) is 20.4. The number of aryl methyl sites for hydroxylation is 1. The second-order valence-electron chi connectivity index (χ2n) is 9.39. The van der Waals surface area contributed by atoms with E-state index < -0.39 is 6.04 Å². The van der Waals surface area contributed by atoms with Gasteiger partial charge in [-0.2, -0.15) is 0 Å². The molecule has 35 heavy (non-hydrogen) atoms. The van der Waals surface area contributed by atoms with Gasteiger partial charge >= 0.3 is 0 Å². The van der Waals surface area contributed by atoms with E-state index in [2.05, 4.69) is 15.3 Å². The second kappa shape index (κ2) is 10.8. The van der Waals surface area contributed by atoms with Crippen molar-refractivity contribution in [2.24, 2.45) is 5.92 Å². The van der Waals surface area contributed by atoms with Crippen LogP contribution in [0.5, 0.6) is 0 Å². The van der Waals surface area contributed by atoms with Gasteiger partial charge in [0, 0.05) is 18.7 Å². The Kier molecular flexibility index (Phi) is 7.60. The molecule has 1 aromatic heterocycles. The number of nitrogens with one attached hydrogen (secondary N) is 2. The molecule has 4 rings (SSSR count). The minimum atomic E-state index is -0.740. The largest absolute Gasteiger partial charge is 0.376 e. The number of H-pyrrole nitrogens is 1. The third-order valence-corrected chi connectivity index (χ3v) is 6.37. The van der Waals surface area contributed by atoms with Crippen LogP contribution in [-0.4, -0.2) is 52.0 Å². The Morgan fingerprint density at radius 1 is 1.17 bits per heavy atom. The molecule has 0 radical (unpaired) electrons. The lowest BCUT2D eigenvalue weighted by atomic mass is 10.0. The van der Waals surface area contributed by atoms with E-state index in [1.807, 2.05) is 39.0 Å². The molecule has 8 nitrogen and oxygen atoms in total. The molecular weight excluding hydrogens is 444 g/mol. The van der Waals surface area contributed by atoms with Gasteiger partial charge in [0.15, 0.2) is 0 Å². The van der Waals surface area contributed by atoms with Gasteiger partial charge in [-0.3, -0.25) is 14.4 Å². The van der Waals surface area contributed by atoms with Gasteiger partial charge in [0.05, 0.1) is 23.6 Å². The molecule has 0 saturated carbocycles. The highest BCUT2D eigenvalue weighted by Gasteiger charge is 2.32. The van der Waals surface area contributed by atoms with Gasteiger partial charge in [-0.15, -0.1) is 0 Å². The highest BCUT2D eigenvalue weighted by atomic mass is 16.5. The van der Waals surface area contributed by atoms with E-state index in [0.717, 1.165) is 18.4 Å². The van der Waals surface area contributed by atoms with Crippen LogP contribution in [0.1, 0.15) is 48.4 Å². The molecule has 0 spiro atoms. The number of carbonyl (C=O) groups is 2. The number of benzene rings is 2. The number of aromatic nitrogens is 2. The number of aromatic amines is 1. The molecule has 1 aliphatic heterocycles. The van der Waals surface area contributed by atoms with Crippen molar-refractivity contribution >= 4 is 22.7 Å². The molecule has 1 fully saturated rings. The fourth-order valence-corrected chi connectivity index (χ4v) is 4.41. The van der Waals surface area contributed by atoms with E-state index in [-0.39, 0.29) is 35.9 Å². The van der Waals surface area contributed by atoms with Crippen molar-refractivity contribution in [2.45, 2.75) is 52.3 Å². The quantitative estimate of drug-likeness (QED) is 0.520. The normalized spacial score (nSPS) is 16.4. The SMILES string of the molecule is Cc1ccccc1C(=O)N[C@H](C(=O)N(Cc1nc2ccccc2c(=O)[nH]1)C[C@H]1CCCO1)C(C)C. The maximum atomic E-state index is 13.8. The summed E-state index contributed by atoms with van der Waals surface area (Å²) in [6.45, 7) is 6.81. The molecule has 3 aromatic rings. The van der Waals surface area contributed by atoms with Gasteiger partial charge in [-0.05, 0) is 49.4 Å². The number of ether oxygens (including phenoxy) is 1. The summed E-state index contributed by atoms with van der Waals surface area (Å²) in [5.74, 6) is -0.267. The van der Waals surface area contributed by atoms with Gasteiger partial charge in [0.1, 0.15) is 11.9 Å². The average molecular weight is 477 g/mol. The highest BCUT2D eigenvalue weighted by Crippen LogP contribution is 2.18. The number of para-hydroxylation sites is 1. The van der Waals surface area contributed by atoms with Gasteiger partial charge in [-0.25, -0.2) is 4.98 Å². The first-order valence-corrected chi connectivity index (χ1v) is 12.1. The van der Waals surface area contributed by atoms with Crippen molar-refractivity contribution in [1.29, 1.82) is 0 Å². The first kappa shape index (κ1) is 24.6. The minimum Gasteiger partial charge on any atom is -0.376 e. The van der Waals surface area contributed by atoms with Gasteiger partial charge in [-0.1, -0.05) is 44.2 Å². The molecule has 0 bridgehead atoms. The van der Waals surface area contributed by atoms with Gasteiger partial charge < -0.3 is 19.9 Å². The highest BCUT2D eigenvalue weighted by molar-refractivity contribution is 5.98. The summed E-state index contributed by atoms with van der Waals surface area (Å²) in [5, 5.41) is 3.44. The predicted octanol–water partition coefficient (Wildman–Crippen LogP) is 3.19. The Labute approximate surface area is 204 Å². The summed E-state index contributed by atoms with van der Waals surface area (Å²) in [5.41, 5.74) is 1.71. The zero-order chi connectivity index (χ0) is 24.9. The van der Waals surface area contributed by atoms with Crippen LogP contribution in [-0.2, 0) is 16.1 Å². The van der Waals surface area contributed by atoms with E-state index >= 15 is 0 Å². The lowest BCUT2D eigenvalue weighted by Gasteiger charge is -2.31. The Morgan fingerprint density at radius 2 is 1.91 bits per heavy atom. The maximum Gasteiger partial charge on any atom is 0.258 e. The summed E-state index contributed by atoms with van der Waals surface area (Å²) in [4.78, 5) is 48.5. The van der Waals surface area contributed by atoms with Crippen LogP contribution < -0.4 is 10.9 Å². The first-order chi connectivity index (χ1) is 16.8. The number of hydrogen-bond donors (Lipinski definition) is 2. The summed E-state index contributed by atoms with van der Waals surface area (Å²) in [6.07, 6.45) is 1.70. The maximum absolute atomic E-state index is 13.8. The van der Waals surface area contributed by atoms with Crippen molar-refractivity contribution in [3.8, 4) is 0 Å². The summed E-state index contributed by atoms with van der Waals surface area (Å²) in [6, 6.07) is 13.7. The standard InChI is InChI=1S/C27H32N4O4/c1-17(2)24(30-25(32)20-11-5-4-9-18(20)3)27(34)31(15-19-10-8-14-35-19)16-23-28-22-13-7-6-12-21(22)26(33)29-23/h4-7,9,11-13,17,19,24H,8,10,14-16H2,1-3H3,(H,30,32)(H,28,29,33)/t19-,24+/m1/s1. The van der Waals surface area contributed by atoms with Crippen LogP contribution in [0.25, 0.3) is 10.9 Å². The summed E-state index contributed by atoms with van der Waals surface area (Å²) < 4.78 is 5.80. The average Bonchev–Trinajstić information content (AvgIpc) is 3.35. The third kappa shape index (κ3) is 5.77. The molecular formula is C27H32N4O4. The van der Waals surface area contributed by atoms with Crippen molar-refractivity contribution in [3.05, 3.63) is 75.8 Å². The van der Waals surface area contributed by atoms with E-state index in [1.165, 1.54) is 0 Å². The van der Waals surface area contributed by atoms with Crippen molar-refractivity contribution in [2.75, 3.05) is 13.2 Å². The van der Waals surface area contributed by atoms with Crippen molar-refractivity contribution in [3.63, 3.8) is 0 Å². The van der Waals surface area contributed by atoms with Crippen LogP contribution >= 0.6 is 0 Å². The van der Waals surface area contributed by atoms with Crippen LogP contribution in [0.2, 0.25) is 0 Å². The first-order valence-electron chi connectivity index (χ1n) is 12.1. The Morgan fingerprint density at radius 3 is 2.63 bits per heavy atom. The molecule has 184 valence electrons. The molecule has 2 amide bonds. The Balaban J connectivity index is 1.61. The number of nitrogens with zero attached hydrogens (tertiary/aromatic N) is 2. The number of hydrogen-bond acceptors (Lipinski definition) is 5. The van der Waals surface area contributed by atoms with Crippen molar-refractivity contribution < 1.29 is 14.3 Å². The molecule has 2 atom stereocenters. The third-order valence-electron chi connectivity index (χ3n) is 6.37. The molecule has 2 aromatic carbocycles. The fraction of sp³-hybridized carbons (Fsp3) is 0.407. The van der Waals surface area contributed by atoms with E-state index in [1.54, 1.807) is 35.2 Å². The molecule has 0 unspecified atom stereocenters. The van der Waals surface area contributed by atoms with Crippen LogP contribution in [0.4, 0.5) is 0 Å². The van der Waals surface area contributed by atoms with Crippen LogP contribution in [0, 0.1) is 12.8 Å². The molecule has 2 N–H and O–H groups in total. The lowest BCUT2D eigenvalue weighted by molar-refractivity contribution is -0.136. The smallest absolute Gasteiger partial charge is 0.258 e. The fourth-order valence-electron chi connectivity index (χ4n) is 4.41. The summed E-state index contributed by atoms with van der Waals surface area (Å²) in [7, 11) is 0. The molecule has 1 aliphatic rings. The van der Waals surface area contributed by atoms with Crippen LogP contribution in [0.15, 0.2) is 53.3 Å². The molecule has 1 saturated heterocycles. The van der Waals surface area contributed by atoms with E-state index in [0.29, 0.717) is 35.4 Å². The van der Waals surface area contributed by atoms with Crippen LogP contribution in [0.3, 0.4) is 0 Å². The summed E-state index contributed by atoms with van der Waals surface area (Å²) >= 11 is 0.